The molecule has 0 aliphatic heterocycles. The summed E-state index contributed by atoms with van der Waals surface area (Å²) in [4.78, 5) is 3.90. The van der Waals surface area contributed by atoms with Crippen LogP contribution < -0.4 is 11.1 Å². The topological polar surface area (TPSA) is 50.9 Å². The highest BCUT2D eigenvalue weighted by atomic mass is 79.9. The number of aromatic nitrogens is 1. The van der Waals surface area contributed by atoms with Crippen LogP contribution in [0.15, 0.2) is 16.7 Å². The molecule has 1 rings (SSSR count). The third-order valence-electron chi connectivity index (χ3n) is 1.18. The number of nitrogens with zero attached hydrogens (tertiary/aromatic N) is 1. The lowest BCUT2D eigenvalue weighted by Crippen LogP contribution is -1.98. The minimum Gasteiger partial charge on any atom is -0.384 e. The Hall–Kier alpha value is -0.770. The Bertz CT molecular complexity index is 216. The van der Waals surface area contributed by atoms with Gasteiger partial charge in [-0.3, -0.25) is 0 Å². The van der Waals surface area contributed by atoms with Crippen LogP contribution in [-0.2, 0) is 0 Å². The van der Waals surface area contributed by atoms with Gasteiger partial charge >= 0.3 is 0 Å². The van der Waals surface area contributed by atoms with Crippen molar-refractivity contribution in [2.75, 3.05) is 18.1 Å². The summed E-state index contributed by atoms with van der Waals surface area (Å²) in [6.45, 7) is 0. The lowest BCUT2D eigenvalue weighted by Gasteiger charge is -2.04. The fourth-order valence-electron chi connectivity index (χ4n) is 0.701. The van der Waals surface area contributed by atoms with Crippen LogP contribution in [0.5, 0.6) is 0 Å². The maximum absolute atomic E-state index is 5.53. The quantitative estimate of drug-likeness (QED) is 0.724. The summed E-state index contributed by atoms with van der Waals surface area (Å²) < 4.78 is 0.933. The molecule has 0 radical (unpaired) electrons. The van der Waals surface area contributed by atoms with Crippen molar-refractivity contribution in [2.24, 2.45) is 0 Å². The largest absolute Gasteiger partial charge is 0.384 e. The molecule has 1 aromatic rings. The van der Waals surface area contributed by atoms with Crippen molar-refractivity contribution < 1.29 is 0 Å². The average molecular weight is 202 g/mol. The van der Waals surface area contributed by atoms with E-state index in [2.05, 4.69) is 26.2 Å². The molecule has 10 heavy (non-hydrogen) atoms. The number of nitrogen functional groups attached to an aromatic ring is 1. The molecule has 0 saturated heterocycles. The highest BCUT2D eigenvalue weighted by Crippen LogP contribution is 2.25. The van der Waals surface area contributed by atoms with E-state index in [4.69, 9.17) is 5.73 Å². The highest BCUT2D eigenvalue weighted by Gasteiger charge is 2.00. The van der Waals surface area contributed by atoms with E-state index in [9.17, 15) is 0 Å². The van der Waals surface area contributed by atoms with E-state index in [-0.39, 0.29) is 0 Å². The first-order chi connectivity index (χ1) is 4.75. The molecule has 0 bridgehead atoms. The smallest absolute Gasteiger partial charge is 0.147 e. The van der Waals surface area contributed by atoms with Gasteiger partial charge in [-0.05, 0) is 22.0 Å². The summed E-state index contributed by atoms with van der Waals surface area (Å²) in [6, 6.07) is 1.84. The molecule has 0 unspecified atom stereocenters. The Morgan fingerprint density at radius 1 is 1.70 bits per heavy atom. The Balaban J connectivity index is 3.17. The average Bonchev–Trinajstić information content (AvgIpc) is 1.88. The van der Waals surface area contributed by atoms with E-state index in [1.807, 2.05) is 6.07 Å². The van der Waals surface area contributed by atoms with Crippen molar-refractivity contribution in [1.29, 1.82) is 0 Å². The summed E-state index contributed by atoms with van der Waals surface area (Å²) in [5.74, 6) is 0.511. The maximum atomic E-state index is 5.53. The van der Waals surface area contributed by atoms with Crippen molar-refractivity contribution in [1.82, 2.24) is 4.98 Å². The van der Waals surface area contributed by atoms with Crippen LogP contribution in [0.3, 0.4) is 0 Å². The summed E-state index contributed by atoms with van der Waals surface area (Å²) in [5.41, 5.74) is 6.36. The van der Waals surface area contributed by atoms with Crippen LogP contribution in [0.25, 0.3) is 0 Å². The Kier molecular flexibility index (Phi) is 2.11. The van der Waals surface area contributed by atoms with E-state index in [1.165, 1.54) is 0 Å². The number of halogens is 1. The van der Waals surface area contributed by atoms with E-state index < -0.39 is 0 Å². The molecule has 0 atom stereocenters. The second kappa shape index (κ2) is 2.88. The molecule has 0 saturated carbocycles. The summed E-state index contributed by atoms with van der Waals surface area (Å²) in [5, 5.41) is 2.93. The Morgan fingerprint density at radius 2 is 2.40 bits per heavy atom. The van der Waals surface area contributed by atoms with Crippen molar-refractivity contribution >= 4 is 27.4 Å². The van der Waals surface area contributed by atoms with Gasteiger partial charge in [0.05, 0.1) is 5.69 Å². The van der Waals surface area contributed by atoms with Gasteiger partial charge in [0.2, 0.25) is 0 Å². The van der Waals surface area contributed by atoms with Gasteiger partial charge in [0.1, 0.15) is 5.82 Å². The Morgan fingerprint density at radius 3 is 2.80 bits per heavy atom. The normalized spacial score (nSPS) is 9.40. The van der Waals surface area contributed by atoms with Gasteiger partial charge in [-0.25, -0.2) is 4.98 Å². The van der Waals surface area contributed by atoms with Crippen LogP contribution in [0.4, 0.5) is 11.5 Å². The molecule has 0 aliphatic rings. The minimum atomic E-state index is 0.511. The number of anilines is 2. The van der Waals surface area contributed by atoms with Crippen molar-refractivity contribution in [2.45, 2.75) is 0 Å². The van der Waals surface area contributed by atoms with Gasteiger partial charge in [-0.2, -0.15) is 0 Å². The first kappa shape index (κ1) is 7.34. The van der Waals surface area contributed by atoms with Gasteiger partial charge in [0.25, 0.3) is 0 Å². The van der Waals surface area contributed by atoms with Gasteiger partial charge in [0, 0.05) is 17.7 Å². The van der Waals surface area contributed by atoms with Crippen LogP contribution >= 0.6 is 15.9 Å². The van der Waals surface area contributed by atoms with E-state index >= 15 is 0 Å². The number of hydrogen-bond donors (Lipinski definition) is 2. The molecular formula is C6H8BrN3. The number of pyridine rings is 1. The third kappa shape index (κ3) is 1.21. The van der Waals surface area contributed by atoms with Crippen molar-refractivity contribution in [3.8, 4) is 0 Å². The molecule has 0 fully saturated rings. The zero-order chi connectivity index (χ0) is 7.56. The van der Waals surface area contributed by atoms with E-state index in [0.717, 1.165) is 10.2 Å². The van der Waals surface area contributed by atoms with Crippen LogP contribution in [0, 0.1) is 0 Å². The highest BCUT2D eigenvalue weighted by molar-refractivity contribution is 9.10. The number of nitrogens with one attached hydrogen (secondary N) is 1. The summed E-state index contributed by atoms with van der Waals surface area (Å²) in [7, 11) is 1.80. The van der Waals surface area contributed by atoms with Gasteiger partial charge in [-0.15, -0.1) is 0 Å². The van der Waals surface area contributed by atoms with Gasteiger partial charge < -0.3 is 11.1 Å². The maximum Gasteiger partial charge on any atom is 0.147 e. The standard InChI is InChI=1S/C6H8BrN3/c1-9-5-4(7)2-3-10-6(5)8/h2-3,9H,1H3,(H2,8,10). The predicted octanol–water partition coefficient (Wildman–Crippen LogP) is 1.47. The molecule has 0 spiro atoms. The number of nitrogens with two attached hydrogens (primary N) is 1. The first-order valence-corrected chi connectivity index (χ1v) is 3.62. The molecule has 0 amide bonds. The minimum absolute atomic E-state index is 0.511. The summed E-state index contributed by atoms with van der Waals surface area (Å²) >= 11 is 3.32. The lowest BCUT2D eigenvalue weighted by atomic mass is 10.4. The monoisotopic (exact) mass is 201 g/mol. The number of hydrogen-bond acceptors (Lipinski definition) is 3. The molecule has 0 aliphatic carbocycles. The molecule has 0 aromatic carbocycles. The fraction of sp³-hybridized carbons (Fsp3) is 0.167. The predicted molar refractivity (Wildman–Crippen MR) is 45.9 cm³/mol. The zero-order valence-electron chi connectivity index (χ0n) is 5.56. The number of rotatable bonds is 1. The van der Waals surface area contributed by atoms with E-state index in [1.54, 1.807) is 13.2 Å². The third-order valence-corrected chi connectivity index (χ3v) is 1.84. The Labute approximate surface area is 67.8 Å². The second-order valence-corrected chi connectivity index (χ2v) is 2.66. The molecular weight excluding hydrogens is 194 g/mol. The van der Waals surface area contributed by atoms with Crippen LogP contribution in [0.1, 0.15) is 0 Å². The second-order valence-electron chi connectivity index (χ2n) is 1.80. The van der Waals surface area contributed by atoms with Crippen LogP contribution in [0.2, 0.25) is 0 Å². The molecule has 3 nitrogen and oxygen atoms in total. The molecule has 4 heteroatoms. The SMILES string of the molecule is CNc1c(Br)ccnc1N. The van der Waals surface area contributed by atoms with Crippen molar-refractivity contribution in [3.05, 3.63) is 16.7 Å². The molecule has 3 N–H and O–H groups in total. The van der Waals surface area contributed by atoms with E-state index in [0.29, 0.717) is 5.82 Å². The van der Waals surface area contributed by atoms with Crippen molar-refractivity contribution in [3.63, 3.8) is 0 Å². The lowest BCUT2D eigenvalue weighted by molar-refractivity contribution is 1.31. The summed E-state index contributed by atoms with van der Waals surface area (Å²) in [6.07, 6.45) is 1.65. The molecule has 54 valence electrons. The van der Waals surface area contributed by atoms with Crippen LogP contribution in [-0.4, -0.2) is 12.0 Å². The first-order valence-electron chi connectivity index (χ1n) is 2.83. The van der Waals surface area contributed by atoms with Gasteiger partial charge in [-0.1, -0.05) is 0 Å². The van der Waals surface area contributed by atoms with Gasteiger partial charge in [0.15, 0.2) is 0 Å². The molecule has 1 heterocycles. The zero-order valence-corrected chi connectivity index (χ0v) is 7.14. The molecule has 1 aromatic heterocycles. The fourth-order valence-corrected chi connectivity index (χ4v) is 1.22.